The third-order valence-corrected chi connectivity index (χ3v) is 4.78. The Morgan fingerprint density at radius 1 is 1.19 bits per heavy atom. The van der Waals surface area contributed by atoms with Crippen molar-refractivity contribution in [1.29, 1.82) is 0 Å². The summed E-state index contributed by atoms with van der Waals surface area (Å²) in [5, 5.41) is 0.153. The van der Waals surface area contributed by atoms with E-state index in [0.717, 1.165) is 35.9 Å². The number of rotatable bonds is 5. The molecular formula is C19H19ClF3N3O. The van der Waals surface area contributed by atoms with E-state index >= 15 is 0 Å². The van der Waals surface area contributed by atoms with Gasteiger partial charge in [0.05, 0.1) is 5.02 Å². The van der Waals surface area contributed by atoms with E-state index in [1.54, 1.807) is 12.3 Å². The van der Waals surface area contributed by atoms with Crippen LogP contribution >= 0.6 is 11.6 Å². The Hall–Kier alpha value is -2.28. The zero-order valence-electron chi connectivity index (χ0n) is 15.1. The average Bonchev–Trinajstić information content (AvgIpc) is 2.98. The van der Waals surface area contributed by atoms with Crippen LogP contribution in [-0.2, 0) is 6.42 Å². The van der Waals surface area contributed by atoms with Gasteiger partial charge in [0.2, 0.25) is 0 Å². The Morgan fingerprint density at radius 2 is 1.93 bits per heavy atom. The lowest BCUT2D eigenvalue weighted by atomic mass is 10.1. The SMILES string of the molecule is CCc1nc2c(-c3ccc(OC(F)(F)F)cc3Cl)ccnc2n1C(C)CC. The van der Waals surface area contributed by atoms with E-state index in [2.05, 4.69) is 28.1 Å². The summed E-state index contributed by atoms with van der Waals surface area (Å²) in [5.41, 5.74) is 2.72. The highest BCUT2D eigenvalue weighted by Gasteiger charge is 2.31. The third kappa shape index (κ3) is 3.88. The highest BCUT2D eigenvalue weighted by Crippen LogP contribution is 2.36. The number of imidazole rings is 1. The molecule has 0 saturated heterocycles. The van der Waals surface area contributed by atoms with E-state index in [4.69, 9.17) is 16.6 Å². The molecule has 1 atom stereocenters. The van der Waals surface area contributed by atoms with Crippen LogP contribution in [0.1, 0.15) is 39.1 Å². The lowest BCUT2D eigenvalue weighted by Crippen LogP contribution is -2.17. The lowest BCUT2D eigenvalue weighted by molar-refractivity contribution is -0.274. The number of fused-ring (bicyclic) bond motifs is 1. The minimum absolute atomic E-state index is 0.153. The molecule has 144 valence electrons. The number of aromatic nitrogens is 3. The van der Waals surface area contributed by atoms with Crippen molar-refractivity contribution in [3.05, 3.63) is 41.3 Å². The molecule has 27 heavy (non-hydrogen) atoms. The van der Waals surface area contributed by atoms with Gasteiger partial charge in [-0.3, -0.25) is 0 Å². The first-order chi connectivity index (χ1) is 12.7. The van der Waals surface area contributed by atoms with Crippen LogP contribution in [0.3, 0.4) is 0 Å². The molecule has 0 fully saturated rings. The van der Waals surface area contributed by atoms with Crippen LogP contribution in [0.15, 0.2) is 30.5 Å². The normalized spacial score (nSPS) is 13.1. The van der Waals surface area contributed by atoms with Crippen LogP contribution in [0.4, 0.5) is 13.2 Å². The largest absolute Gasteiger partial charge is 0.573 e. The Balaban J connectivity index is 2.14. The maximum absolute atomic E-state index is 12.4. The van der Waals surface area contributed by atoms with Crippen LogP contribution in [-0.4, -0.2) is 20.9 Å². The van der Waals surface area contributed by atoms with E-state index in [0.29, 0.717) is 11.1 Å². The van der Waals surface area contributed by atoms with Gasteiger partial charge < -0.3 is 9.30 Å². The van der Waals surface area contributed by atoms with Crippen LogP contribution in [0.5, 0.6) is 5.75 Å². The molecule has 2 heterocycles. The van der Waals surface area contributed by atoms with Crippen LogP contribution < -0.4 is 4.74 Å². The fourth-order valence-corrected chi connectivity index (χ4v) is 3.33. The highest BCUT2D eigenvalue weighted by atomic mass is 35.5. The summed E-state index contributed by atoms with van der Waals surface area (Å²) in [7, 11) is 0. The number of aryl methyl sites for hydroxylation is 1. The molecule has 0 aliphatic heterocycles. The molecule has 0 spiro atoms. The van der Waals surface area contributed by atoms with Crippen molar-refractivity contribution in [2.75, 3.05) is 0 Å². The third-order valence-electron chi connectivity index (χ3n) is 4.46. The molecule has 0 aliphatic carbocycles. The van der Waals surface area contributed by atoms with Crippen molar-refractivity contribution in [3.63, 3.8) is 0 Å². The predicted molar refractivity (Wildman–Crippen MR) is 99.0 cm³/mol. The van der Waals surface area contributed by atoms with Gasteiger partial charge in [-0.15, -0.1) is 13.2 Å². The van der Waals surface area contributed by atoms with Gasteiger partial charge in [-0.1, -0.05) is 25.4 Å². The van der Waals surface area contributed by atoms with Gasteiger partial charge in [0.25, 0.3) is 0 Å². The Morgan fingerprint density at radius 3 is 2.52 bits per heavy atom. The van der Waals surface area contributed by atoms with Gasteiger partial charge in [-0.05, 0) is 37.6 Å². The quantitative estimate of drug-likeness (QED) is 0.515. The fourth-order valence-electron chi connectivity index (χ4n) is 3.06. The Bertz CT molecular complexity index is 969. The molecule has 3 rings (SSSR count). The summed E-state index contributed by atoms with van der Waals surface area (Å²) < 4.78 is 43.3. The summed E-state index contributed by atoms with van der Waals surface area (Å²) in [6.45, 7) is 6.22. The second-order valence-electron chi connectivity index (χ2n) is 6.23. The number of hydrogen-bond donors (Lipinski definition) is 0. The fraction of sp³-hybridized carbons (Fsp3) is 0.368. The molecule has 4 nitrogen and oxygen atoms in total. The number of halogens is 4. The first kappa shape index (κ1) is 19.5. The Kier molecular flexibility index (Phi) is 5.33. The smallest absolute Gasteiger partial charge is 0.406 e. The minimum atomic E-state index is -4.76. The van der Waals surface area contributed by atoms with E-state index in [1.807, 2.05) is 6.92 Å². The van der Waals surface area contributed by atoms with Gasteiger partial charge in [0.15, 0.2) is 5.65 Å². The average molecular weight is 398 g/mol. The van der Waals surface area contributed by atoms with Crippen LogP contribution in [0.2, 0.25) is 5.02 Å². The lowest BCUT2D eigenvalue weighted by Gasteiger charge is -2.14. The van der Waals surface area contributed by atoms with Crippen molar-refractivity contribution in [2.24, 2.45) is 0 Å². The van der Waals surface area contributed by atoms with Crippen LogP contribution in [0, 0.1) is 0 Å². The van der Waals surface area contributed by atoms with Gasteiger partial charge >= 0.3 is 6.36 Å². The molecule has 8 heteroatoms. The van der Waals surface area contributed by atoms with Crippen molar-refractivity contribution in [1.82, 2.24) is 14.5 Å². The maximum Gasteiger partial charge on any atom is 0.573 e. The van der Waals surface area contributed by atoms with Gasteiger partial charge in [0, 0.05) is 29.8 Å². The van der Waals surface area contributed by atoms with E-state index in [9.17, 15) is 13.2 Å². The van der Waals surface area contributed by atoms with Gasteiger partial charge in [-0.25, -0.2) is 9.97 Å². The van der Waals surface area contributed by atoms with Gasteiger partial charge in [-0.2, -0.15) is 0 Å². The standard InChI is InChI=1S/C19H19ClF3N3O/c1-4-11(3)26-16(5-2)25-17-14(8-9-24-18(17)26)13-7-6-12(10-15(13)20)27-19(21,22)23/h6-11H,4-5H2,1-3H3. The van der Waals surface area contributed by atoms with Crippen molar-refractivity contribution in [2.45, 2.75) is 46.0 Å². The monoisotopic (exact) mass is 397 g/mol. The summed E-state index contributed by atoms with van der Waals surface area (Å²) in [4.78, 5) is 9.21. The molecular weight excluding hydrogens is 379 g/mol. The minimum Gasteiger partial charge on any atom is -0.406 e. The second-order valence-corrected chi connectivity index (χ2v) is 6.64. The summed E-state index contributed by atoms with van der Waals surface area (Å²) in [5.74, 6) is 0.549. The molecule has 1 aromatic carbocycles. The van der Waals surface area contributed by atoms with Gasteiger partial charge in [0.1, 0.15) is 17.1 Å². The van der Waals surface area contributed by atoms with Crippen LogP contribution in [0.25, 0.3) is 22.3 Å². The number of hydrogen-bond acceptors (Lipinski definition) is 3. The topological polar surface area (TPSA) is 39.9 Å². The molecule has 0 radical (unpaired) electrons. The summed E-state index contributed by atoms with van der Waals surface area (Å²) in [6, 6.07) is 5.90. The molecule has 0 bridgehead atoms. The van der Waals surface area contributed by atoms with Crippen molar-refractivity contribution >= 4 is 22.8 Å². The molecule has 0 aliphatic rings. The molecule has 0 N–H and O–H groups in total. The molecule has 1 unspecified atom stereocenters. The Labute approximate surface area is 159 Å². The molecule has 3 aromatic rings. The number of alkyl halides is 3. The molecule has 0 amide bonds. The number of pyridine rings is 1. The van der Waals surface area contributed by atoms with E-state index < -0.39 is 6.36 Å². The molecule has 2 aromatic heterocycles. The first-order valence-electron chi connectivity index (χ1n) is 8.66. The summed E-state index contributed by atoms with van der Waals surface area (Å²) >= 11 is 6.26. The zero-order valence-corrected chi connectivity index (χ0v) is 15.9. The van der Waals surface area contributed by atoms with Crippen molar-refractivity contribution in [3.8, 4) is 16.9 Å². The number of benzene rings is 1. The van der Waals surface area contributed by atoms with E-state index in [-0.39, 0.29) is 16.8 Å². The first-order valence-corrected chi connectivity index (χ1v) is 9.04. The molecule has 0 saturated carbocycles. The second kappa shape index (κ2) is 7.38. The highest BCUT2D eigenvalue weighted by molar-refractivity contribution is 6.33. The van der Waals surface area contributed by atoms with E-state index in [1.165, 1.54) is 12.1 Å². The number of nitrogens with zero attached hydrogens (tertiary/aromatic N) is 3. The zero-order chi connectivity index (χ0) is 19.8. The predicted octanol–water partition coefficient (Wildman–Crippen LogP) is 6.18. The maximum atomic E-state index is 12.4. The van der Waals surface area contributed by atoms with Crippen molar-refractivity contribution < 1.29 is 17.9 Å². The summed E-state index contributed by atoms with van der Waals surface area (Å²) in [6.07, 6.45) is -1.44. The number of ether oxygens (including phenoxy) is 1.